The molecule has 0 atom stereocenters. The van der Waals surface area contributed by atoms with Crippen LogP contribution in [0.25, 0.3) is 6.08 Å². The molecule has 0 aromatic carbocycles. The topological polar surface area (TPSA) is 58.2 Å². The molecule has 0 aliphatic carbocycles. The van der Waals surface area contributed by atoms with Gasteiger partial charge in [-0.25, -0.2) is 0 Å². The Balaban J connectivity index is 2.09. The van der Waals surface area contributed by atoms with E-state index in [1.807, 2.05) is 23.6 Å². The smallest absolute Gasteiger partial charge is 0.283 e. The number of carbonyl (C=O) groups is 2. The molecule has 0 radical (unpaired) electrons. The number of carbonyl (C=O) groups excluding carboxylic acids is 2. The molecule has 1 aromatic heterocycles. The fourth-order valence-corrected chi connectivity index (χ4v) is 1.98. The van der Waals surface area contributed by atoms with E-state index in [1.54, 1.807) is 17.4 Å². The van der Waals surface area contributed by atoms with Crippen LogP contribution in [0.5, 0.6) is 0 Å². The number of nitrogens with one attached hydrogen (secondary N) is 2. The maximum absolute atomic E-state index is 11.4. The van der Waals surface area contributed by atoms with Crippen molar-refractivity contribution in [3.8, 4) is 0 Å². The number of allylic oxidation sites excluding steroid dienone is 2. The van der Waals surface area contributed by atoms with E-state index in [0.29, 0.717) is 0 Å². The molecule has 4 nitrogen and oxygen atoms in total. The van der Waals surface area contributed by atoms with Crippen LogP contribution in [0, 0.1) is 0 Å². The fourth-order valence-electron chi connectivity index (χ4n) is 1.21. The van der Waals surface area contributed by atoms with Crippen LogP contribution < -0.4 is 10.6 Å². The molecule has 0 bridgehead atoms. The number of thiocarbonyl (C=S) groups is 1. The Labute approximate surface area is 107 Å². The van der Waals surface area contributed by atoms with E-state index in [2.05, 4.69) is 22.9 Å². The highest BCUT2D eigenvalue weighted by molar-refractivity contribution is 7.82. The van der Waals surface area contributed by atoms with Gasteiger partial charge in [0, 0.05) is 4.88 Å². The highest BCUT2D eigenvalue weighted by Crippen LogP contribution is 2.10. The van der Waals surface area contributed by atoms with Gasteiger partial charge in [0.25, 0.3) is 11.8 Å². The molecule has 2 amide bonds. The monoisotopic (exact) mass is 264 g/mol. The second kappa shape index (κ2) is 5.03. The Hall–Kier alpha value is -1.79. The summed E-state index contributed by atoms with van der Waals surface area (Å²) in [5.74, 6) is -0.860. The summed E-state index contributed by atoms with van der Waals surface area (Å²) in [7, 11) is 0. The van der Waals surface area contributed by atoms with E-state index in [1.165, 1.54) is 6.08 Å². The van der Waals surface area contributed by atoms with Crippen LogP contribution in [0.15, 0.2) is 35.4 Å². The van der Waals surface area contributed by atoms with Gasteiger partial charge in [0.05, 0.1) is 0 Å². The van der Waals surface area contributed by atoms with Gasteiger partial charge >= 0.3 is 0 Å². The van der Waals surface area contributed by atoms with Gasteiger partial charge in [0.1, 0.15) is 5.70 Å². The zero-order chi connectivity index (χ0) is 12.3. The first-order chi connectivity index (χ1) is 8.16. The number of thiophene rings is 1. The third kappa shape index (κ3) is 2.86. The minimum absolute atomic E-state index is 0.102. The lowest BCUT2D eigenvalue weighted by atomic mass is 10.3. The van der Waals surface area contributed by atoms with Crippen LogP contribution >= 0.6 is 23.6 Å². The minimum Gasteiger partial charge on any atom is -0.315 e. The van der Waals surface area contributed by atoms with Crippen molar-refractivity contribution in [3.63, 3.8) is 0 Å². The quantitative estimate of drug-likeness (QED) is 0.624. The third-order valence-corrected chi connectivity index (χ3v) is 3.12. The Morgan fingerprint density at radius 3 is 2.76 bits per heavy atom. The van der Waals surface area contributed by atoms with Gasteiger partial charge in [0.15, 0.2) is 4.99 Å². The molecule has 1 fully saturated rings. The number of piperazine rings is 1. The molecule has 1 saturated heterocycles. The average Bonchev–Trinajstić information content (AvgIpc) is 2.78. The second-order valence-electron chi connectivity index (χ2n) is 3.19. The van der Waals surface area contributed by atoms with Crippen molar-refractivity contribution in [1.82, 2.24) is 10.6 Å². The highest BCUT2D eigenvalue weighted by Gasteiger charge is 2.23. The number of rotatable bonds is 2. The first-order valence-corrected chi connectivity index (χ1v) is 6.04. The van der Waals surface area contributed by atoms with E-state index in [9.17, 15) is 9.59 Å². The molecule has 6 heteroatoms. The fraction of sp³-hybridized carbons (Fsp3) is 0. The van der Waals surface area contributed by atoms with Gasteiger partial charge in [-0.2, -0.15) is 0 Å². The molecular weight excluding hydrogens is 256 g/mol. The molecule has 0 spiro atoms. The summed E-state index contributed by atoms with van der Waals surface area (Å²) >= 11 is 6.23. The predicted octanol–water partition coefficient (Wildman–Crippen LogP) is 1.22. The highest BCUT2D eigenvalue weighted by atomic mass is 32.1. The van der Waals surface area contributed by atoms with Crippen molar-refractivity contribution in [2.24, 2.45) is 0 Å². The zero-order valence-electron chi connectivity index (χ0n) is 8.60. The molecule has 17 heavy (non-hydrogen) atoms. The molecule has 2 rings (SSSR count). The van der Waals surface area contributed by atoms with Crippen molar-refractivity contribution in [3.05, 3.63) is 40.2 Å². The summed E-state index contributed by atoms with van der Waals surface area (Å²) in [4.78, 5) is 23.6. The van der Waals surface area contributed by atoms with Crippen LogP contribution in [-0.4, -0.2) is 16.8 Å². The Morgan fingerprint density at radius 1 is 1.24 bits per heavy atom. The minimum atomic E-state index is -0.463. The normalized spacial score (nSPS) is 18.6. The lowest BCUT2D eigenvalue weighted by molar-refractivity contribution is -0.122. The van der Waals surface area contributed by atoms with Crippen LogP contribution in [0.2, 0.25) is 0 Å². The van der Waals surface area contributed by atoms with E-state index < -0.39 is 11.8 Å². The van der Waals surface area contributed by atoms with Crippen LogP contribution in [0.4, 0.5) is 0 Å². The molecular formula is C11H8N2O2S2. The molecule has 1 aromatic rings. The third-order valence-electron chi connectivity index (χ3n) is 1.99. The molecule has 0 saturated carbocycles. The van der Waals surface area contributed by atoms with Crippen LogP contribution in [0.3, 0.4) is 0 Å². The predicted molar refractivity (Wildman–Crippen MR) is 70.3 cm³/mol. The van der Waals surface area contributed by atoms with Gasteiger partial charge in [-0.1, -0.05) is 24.4 Å². The average molecular weight is 264 g/mol. The molecule has 1 aliphatic rings. The second-order valence-corrected chi connectivity index (χ2v) is 4.58. The van der Waals surface area contributed by atoms with E-state index in [4.69, 9.17) is 0 Å². The molecule has 1 aliphatic heterocycles. The summed E-state index contributed by atoms with van der Waals surface area (Å²) in [5, 5.41) is 6.68. The number of amides is 2. The Kier molecular flexibility index (Phi) is 3.46. The first kappa shape index (κ1) is 11.7. The summed E-state index contributed by atoms with van der Waals surface area (Å²) in [6.45, 7) is 0. The van der Waals surface area contributed by atoms with E-state index in [0.717, 1.165) is 4.88 Å². The van der Waals surface area contributed by atoms with Crippen LogP contribution in [-0.2, 0) is 9.59 Å². The van der Waals surface area contributed by atoms with Crippen molar-refractivity contribution >= 4 is 46.4 Å². The maximum Gasteiger partial charge on any atom is 0.283 e. The van der Waals surface area contributed by atoms with E-state index in [-0.39, 0.29) is 10.7 Å². The Bertz CT molecular complexity index is 530. The molecule has 2 N–H and O–H groups in total. The van der Waals surface area contributed by atoms with Crippen molar-refractivity contribution in [1.29, 1.82) is 0 Å². The van der Waals surface area contributed by atoms with Crippen molar-refractivity contribution in [2.75, 3.05) is 0 Å². The van der Waals surface area contributed by atoms with Gasteiger partial charge in [-0.3, -0.25) is 9.59 Å². The van der Waals surface area contributed by atoms with E-state index >= 15 is 0 Å². The molecule has 2 heterocycles. The summed E-state index contributed by atoms with van der Waals surface area (Å²) < 4.78 is 0. The summed E-state index contributed by atoms with van der Waals surface area (Å²) in [5.41, 5.74) is 0.191. The van der Waals surface area contributed by atoms with Gasteiger partial charge < -0.3 is 10.6 Å². The summed E-state index contributed by atoms with van der Waals surface area (Å²) in [6, 6.07) is 3.89. The van der Waals surface area contributed by atoms with Gasteiger partial charge in [0.2, 0.25) is 0 Å². The lowest BCUT2D eigenvalue weighted by Crippen LogP contribution is -2.50. The molecule has 86 valence electrons. The van der Waals surface area contributed by atoms with Gasteiger partial charge in [-0.15, -0.1) is 11.3 Å². The SMILES string of the molecule is O=C1N/C(=C\C=C\c2cccs2)C(=O)NC1=S. The van der Waals surface area contributed by atoms with Crippen molar-refractivity contribution in [2.45, 2.75) is 0 Å². The number of hydrogen-bond donors (Lipinski definition) is 2. The largest absolute Gasteiger partial charge is 0.315 e. The maximum atomic E-state index is 11.4. The number of hydrogen-bond acceptors (Lipinski definition) is 4. The first-order valence-electron chi connectivity index (χ1n) is 4.75. The van der Waals surface area contributed by atoms with Crippen molar-refractivity contribution < 1.29 is 9.59 Å². The van der Waals surface area contributed by atoms with Crippen LogP contribution in [0.1, 0.15) is 4.88 Å². The summed E-state index contributed by atoms with van der Waals surface area (Å²) in [6.07, 6.45) is 5.09. The van der Waals surface area contributed by atoms with Gasteiger partial charge in [-0.05, 0) is 23.6 Å². The Morgan fingerprint density at radius 2 is 2.06 bits per heavy atom. The zero-order valence-corrected chi connectivity index (χ0v) is 10.2. The molecule has 0 unspecified atom stereocenters. The lowest BCUT2D eigenvalue weighted by Gasteiger charge is -2.15. The standard InChI is InChI=1S/C11H8N2O2S2/c14-9-8(12-10(15)11(16)13-9)5-1-3-7-4-2-6-17-7/h1-6H,(H,12,15)(H,13,14,16)/b3-1+,8-5-.